The third-order valence-electron chi connectivity index (χ3n) is 2.73. The van der Waals surface area contributed by atoms with Crippen molar-refractivity contribution in [2.75, 3.05) is 0 Å². The largest absolute Gasteiger partial charge is 0.207 e. The van der Waals surface area contributed by atoms with E-state index in [9.17, 15) is 4.39 Å². The lowest BCUT2D eigenvalue weighted by Crippen LogP contribution is -2.00. The predicted molar refractivity (Wildman–Crippen MR) is 59.6 cm³/mol. The molecule has 0 aliphatic rings. The highest BCUT2D eigenvalue weighted by molar-refractivity contribution is 5.27. The minimum atomic E-state index is -0.155. The fraction of sp³-hybridized carbons (Fsp3) is 0.333. The van der Waals surface area contributed by atoms with Crippen LogP contribution in [0.1, 0.15) is 29.7 Å². The standard InChI is InChI=1S/C12H14FN3/c1-8(6-11-7-14-16-15-11)10-3-4-12(13)9(2)5-10/h3-5,7-8H,6H2,1-2H3,(H,14,15,16). The van der Waals surface area contributed by atoms with Crippen molar-refractivity contribution in [1.29, 1.82) is 0 Å². The van der Waals surface area contributed by atoms with Crippen molar-refractivity contribution in [3.8, 4) is 0 Å². The molecule has 1 aromatic carbocycles. The third-order valence-corrected chi connectivity index (χ3v) is 2.73. The van der Waals surface area contributed by atoms with Crippen LogP contribution < -0.4 is 0 Å². The average Bonchev–Trinajstić information content (AvgIpc) is 2.74. The summed E-state index contributed by atoms with van der Waals surface area (Å²) in [7, 11) is 0. The van der Waals surface area contributed by atoms with Crippen molar-refractivity contribution < 1.29 is 4.39 Å². The molecule has 0 saturated heterocycles. The summed E-state index contributed by atoms with van der Waals surface area (Å²) in [4.78, 5) is 0. The smallest absolute Gasteiger partial charge is 0.126 e. The lowest BCUT2D eigenvalue weighted by molar-refractivity contribution is 0.615. The van der Waals surface area contributed by atoms with Crippen molar-refractivity contribution in [3.05, 3.63) is 47.0 Å². The first-order chi connectivity index (χ1) is 7.66. The SMILES string of the molecule is Cc1cc(C(C)Cc2cn[nH]n2)ccc1F. The molecule has 2 rings (SSSR count). The Morgan fingerprint density at radius 2 is 2.25 bits per heavy atom. The molecular weight excluding hydrogens is 205 g/mol. The maximum atomic E-state index is 13.1. The number of rotatable bonds is 3. The van der Waals surface area contributed by atoms with Gasteiger partial charge < -0.3 is 0 Å². The summed E-state index contributed by atoms with van der Waals surface area (Å²) in [5, 5.41) is 10.4. The molecular formula is C12H14FN3. The maximum Gasteiger partial charge on any atom is 0.126 e. The van der Waals surface area contributed by atoms with Crippen molar-refractivity contribution in [3.63, 3.8) is 0 Å². The van der Waals surface area contributed by atoms with Crippen LogP contribution in [0.4, 0.5) is 4.39 Å². The van der Waals surface area contributed by atoms with Gasteiger partial charge in [0.1, 0.15) is 5.82 Å². The van der Waals surface area contributed by atoms with Gasteiger partial charge in [-0.1, -0.05) is 19.1 Å². The van der Waals surface area contributed by atoms with Crippen LogP contribution in [0.3, 0.4) is 0 Å². The lowest BCUT2D eigenvalue weighted by atomic mass is 9.95. The molecule has 0 aliphatic carbocycles. The number of aromatic nitrogens is 3. The molecule has 1 heterocycles. The van der Waals surface area contributed by atoms with E-state index in [1.165, 1.54) is 6.07 Å². The number of halogens is 1. The van der Waals surface area contributed by atoms with Crippen LogP contribution in [0.5, 0.6) is 0 Å². The first-order valence-electron chi connectivity index (χ1n) is 5.27. The van der Waals surface area contributed by atoms with Crippen LogP contribution in [0.2, 0.25) is 0 Å². The summed E-state index contributed by atoms with van der Waals surface area (Å²) in [5.41, 5.74) is 2.74. The minimum Gasteiger partial charge on any atom is -0.207 e. The van der Waals surface area contributed by atoms with E-state index >= 15 is 0 Å². The second-order valence-corrected chi connectivity index (χ2v) is 4.08. The van der Waals surface area contributed by atoms with E-state index in [2.05, 4.69) is 22.3 Å². The topological polar surface area (TPSA) is 41.6 Å². The molecule has 0 aliphatic heterocycles. The number of nitrogens with zero attached hydrogens (tertiary/aromatic N) is 2. The van der Waals surface area contributed by atoms with Crippen LogP contribution in [0.25, 0.3) is 0 Å². The zero-order valence-corrected chi connectivity index (χ0v) is 9.37. The molecule has 4 heteroatoms. The molecule has 0 fully saturated rings. The summed E-state index contributed by atoms with van der Waals surface area (Å²) in [6.45, 7) is 3.88. The molecule has 0 spiro atoms. The minimum absolute atomic E-state index is 0.155. The Morgan fingerprint density at radius 1 is 1.44 bits per heavy atom. The lowest BCUT2D eigenvalue weighted by Gasteiger charge is -2.11. The van der Waals surface area contributed by atoms with Gasteiger partial charge in [0.25, 0.3) is 0 Å². The number of aryl methyl sites for hydroxylation is 1. The number of aromatic amines is 1. The monoisotopic (exact) mass is 219 g/mol. The average molecular weight is 219 g/mol. The van der Waals surface area contributed by atoms with Gasteiger partial charge in [-0.15, -0.1) is 0 Å². The second kappa shape index (κ2) is 4.43. The molecule has 1 unspecified atom stereocenters. The van der Waals surface area contributed by atoms with Gasteiger partial charge in [0.2, 0.25) is 0 Å². The first kappa shape index (κ1) is 10.8. The Labute approximate surface area is 93.7 Å². The van der Waals surface area contributed by atoms with Crippen molar-refractivity contribution in [2.24, 2.45) is 0 Å². The van der Waals surface area contributed by atoms with Gasteiger partial charge in [-0.05, 0) is 36.5 Å². The number of nitrogens with one attached hydrogen (secondary N) is 1. The Hall–Kier alpha value is -1.71. The van der Waals surface area contributed by atoms with E-state index < -0.39 is 0 Å². The van der Waals surface area contributed by atoms with Gasteiger partial charge in [0.05, 0.1) is 11.9 Å². The highest BCUT2D eigenvalue weighted by atomic mass is 19.1. The van der Waals surface area contributed by atoms with Gasteiger partial charge >= 0.3 is 0 Å². The normalized spacial score (nSPS) is 12.7. The van der Waals surface area contributed by atoms with Gasteiger partial charge in [0.15, 0.2) is 0 Å². The molecule has 1 N–H and O–H groups in total. The summed E-state index contributed by atoms with van der Waals surface area (Å²) >= 11 is 0. The number of benzene rings is 1. The Kier molecular flexibility index (Phi) is 2.99. The van der Waals surface area contributed by atoms with Gasteiger partial charge in [-0.3, -0.25) is 0 Å². The second-order valence-electron chi connectivity index (χ2n) is 4.08. The fourth-order valence-corrected chi connectivity index (χ4v) is 1.73. The van der Waals surface area contributed by atoms with E-state index in [4.69, 9.17) is 0 Å². The van der Waals surface area contributed by atoms with E-state index in [0.717, 1.165) is 17.7 Å². The zero-order chi connectivity index (χ0) is 11.5. The van der Waals surface area contributed by atoms with E-state index in [1.807, 2.05) is 12.1 Å². The molecule has 2 aromatic rings. The Bertz CT molecular complexity index is 465. The van der Waals surface area contributed by atoms with Gasteiger partial charge in [-0.2, -0.15) is 15.4 Å². The van der Waals surface area contributed by atoms with Gasteiger partial charge in [0, 0.05) is 0 Å². The zero-order valence-electron chi connectivity index (χ0n) is 9.37. The highest BCUT2D eigenvalue weighted by Gasteiger charge is 2.09. The van der Waals surface area contributed by atoms with E-state index in [1.54, 1.807) is 13.1 Å². The summed E-state index contributed by atoms with van der Waals surface area (Å²) in [6.07, 6.45) is 2.52. The molecule has 3 nitrogen and oxygen atoms in total. The van der Waals surface area contributed by atoms with Crippen LogP contribution >= 0.6 is 0 Å². The van der Waals surface area contributed by atoms with Crippen LogP contribution in [-0.4, -0.2) is 15.4 Å². The quantitative estimate of drug-likeness (QED) is 0.862. The maximum absolute atomic E-state index is 13.1. The molecule has 0 bridgehead atoms. The molecule has 1 aromatic heterocycles. The highest BCUT2D eigenvalue weighted by Crippen LogP contribution is 2.21. The van der Waals surface area contributed by atoms with E-state index in [0.29, 0.717) is 11.5 Å². The predicted octanol–water partition coefficient (Wildman–Crippen LogP) is 2.60. The Balaban J connectivity index is 2.14. The number of H-pyrrole nitrogens is 1. The van der Waals surface area contributed by atoms with Crippen molar-refractivity contribution >= 4 is 0 Å². The summed E-state index contributed by atoms with van der Waals surface area (Å²) < 4.78 is 13.1. The van der Waals surface area contributed by atoms with Crippen LogP contribution in [0, 0.1) is 12.7 Å². The van der Waals surface area contributed by atoms with Crippen molar-refractivity contribution in [2.45, 2.75) is 26.2 Å². The molecule has 0 saturated carbocycles. The molecule has 1 atom stereocenters. The number of hydrogen-bond acceptors (Lipinski definition) is 2. The summed E-state index contributed by atoms with van der Waals surface area (Å²) in [5.74, 6) is 0.154. The molecule has 0 amide bonds. The first-order valence-corrected chi connectivity index (χ1v) is 5.27. The summed E-state index contributed by atoms with van der Waals surface area (Å²) in [6, 6.07) is 5.23. The third kappa shape index (κ3) is 2.27. The van der Waals surface area contributed by atoms with E-state index in [-0.39, 0.29) is 5.82 Å². The number of hydrogen-bond donors (Lipinski definition) is 1. The van der Waals surface area contributed by atoms with Crippen LogP contribution in [-0.2, 0) is 6.42 Å². The molecule has 84 valence electrons. The van der Waals surface area contributed by atoms with Crippen molar-refractivity contribution in [1.82, 2.24) is 15.4 Å². The van der Waals surface area contributed by atoms with Crippen LogP contribution in [0.15, 0.2) is 24.4 Å². The Morgan fingerprint density at radius 3 is 2.88 bits per heavy atom. The fourth-order valence-electron chi connectivity index (χ4n) is 1.73. The molecule has 16 heavy (non-hydrogen) atoms. The van der Waals surface area contributed by atoms with Gasteiger partial charge in [-0.25, -0.2) is 4.39 Å². The molecule has 0 radical (unpaired) electrons.